The van der Waals surface area contributed by atoms with Gasteiger partial charge in [0.1, 0.15) is 0 Å². The van der Waals surface area contributed by atoms with E-state index in [9.17, 15) is 19.8 Å². The summed E-state index contributed by atoms with van der Waals surface area (Å²) >= 11 is 0. The van der Waals surface area contributed by atoms with E-state index in [1.54, 1.807) is 0 Å². The van der Waals surface area contributed by atoms with E-state index in [0.29, 0.717) is 0 Å². The van der Waals surface area contributed by atoms with E-state index in [-0.39, 0.29) is 129 Å². The van der Waals surface area contributed by atoms with Crippen LogP contribution in [0.25, 0.3) is 0 Å². The van der Waals surface area contributed by atoms with E-state index >= 15 is 0 Å². The van der Waals surface area contributed by atoms with E-state index in [0.717, 1.165) is 12.1 Å². The molecule has 0 saturated heterocycles. The molecule has 0 bridgehead atoms. The SMILES string of the molecule is O=C([O-])c1ccccc1C(=O)[O-].[H+].[KH].[Na+].[Na+].[OH-]. The minimum atomic E-state index is -1.52. The second-order valence-electron chi connectivity index (χ2n) is 2.12. The second-order valence-corrected chi connectivity index (χ2v) is 2.12. The summed E-state index contributed by atoms with van der Waals surface area (Å²) in [5.74, 6) is -3.04. The third kappa shape index (κ3) is 7.96. The summed E-state index contributed by atoms with van der Waals surface area (Å²) in [5, 5.41) is 20.6. The van der Waals surface area contributed by atoms with Crippen molar-refractivity contribution in [3.05, 3.63) is 35.4 Å². The molecule has 0 radical (unpaired) electrons. The molecule has 1 N–H and O–H groups in total. The van der Waals surface area contributed by atoms with Crippen LogP contribution in [0.5, 0.6) is 0 Å². The van der Waals surface area contributed by atoms with Crippen LogP contribution in [-0.4, -0.2) is 68.8 Å². The number of carbonyl (C=O) groups excluding carboxylic acids is 2. The molecular weight excluding hydrogens is 261 g/mol. The van der Waals surface area contributed by atoms with Crippen molar-refractivity contribution in [2.75, 3.05) is 0 Å². The van der Waals surface area contributed by atoms with Gasteiger partial charge in [-0.3, -0.25) is 0 Å². The number of rotatable bonds is 2. The third-order valence-corrected chi connectivity index (χ3v) is 1.37. The van der Waals surface area contributed by atoms with Crippen molar-refractivity contribution in [3.8, 4) is 0 Å². The van der Waals surface area contributed by atoms with Crippen molar-refractivity contribution >= 4 is 63.3 Å². The molecule has 1 rings (SSSR count). The van der Waals surface area contributed by atoms with Gasteiger partial charge in [-0.15, -0.1) is 0 Å². The predicted molar refractivity (Wildman–Crippen MR) is 45.3 cm³/mol. The number of carboxylic acid groups (broad SMARTS) is 2. The van der Waals surface area contributed by atoms with Gasteiger partial charge in [-0.25, -0.2) is 0 Å². The van der Waals surface area contributed by atoms with Crippen LogP contribution in [0.3, 0.4) is 0 Å². The average molecular weight is 268 g/mol. The van der Waals surface area contributed by atoms with Crippen LogP contribution in [0.15, 0.2) is 24.3 Å². The van der Waals surface area contributed by atoms with Crippen LogP contribution in [0.1, 0.15) is 22.1 Å². The standard InChI is InChI=1S/C8H6O4.K.2Na.H2O.H/c9-7(10)5-3-1-2-4-6(5)8(11)12;;;;;/h1-4H,(H,9,10)(H,11,12);;;;1H2;/q;;2*+1;;/p-2. The van der Waals surface area contributed by atoms with E-state index in [1.165, 1.54) is 12.1 Å². The van der Waals surface area contributed by atoms with Crippen LogP contribution in [-0.2, 0) is 0 Å². The molecule has 8 heteroatoms. The van der Waals surface area contributed by atoms with E-state index in [2.05, 4.69) is 0 Å². The fourth-order valence-corrected chi connectivity index (χ4v) is 0.839. The van der Waals surface area contributed by atoms with Gasteiger partial charge in [-0.2, -0.15) is 0 Å². The summed E-state index contributed by atoms with van der Waals surface area (Å²) in [6, 6.07) is 5.14. The number of carbonyl (C=O) groups is 2. The first-order chi connectivity index (χ1) is 5.63. The van der Waals surface area contributed by atoms with Crippen molar-refractivity contribution in [2.24, 2.45) is 0 Å². The summed E-state index contributed by atoms with van der Waals surface area (Å²) in [6.45, 7) is 0. The Morgan fingerprint density at radius 3 is 1.38 bits per heavy atom. The number of carboxylic acids is 2. The molecule has 0 aliphatic heterocycles. The van der Waals surface area contributed by atoms with Gasteiger partial charge >= 0.3 is 112 Å². The van der Waals surface area contributed by atoms with Gasteiger partial charge in [0.15, 0.2) is 0 Å². The second kappa shape index (κ2) is 13.2. The maximum Gasteiger partial charge on any atom is 1.00 e. The number of hydrogen-bond acceptors (Lipinski definition) is 5. The molecule has 72 valence electrons. The summed E-state index contributed by atoms with van der Waals surface area (Å²) in [7, 11) is 0. The molecule has 0 unspecified atom stereocenters. The van der Waals surface area contributed by atoms with Crippen LogP contribution in [0.2, 0.25) is 0 Å². The largest absolute Gasteiger partial charge is 1.00 e. The van der Waals surface area contributed by atoms with Crippen molar-refractivity contribution in [2.45, 2.75) is 0 Å². The molecule has 0 aliphatic rings. The van der Waals surface area contributed by atoms with Crippen LogP contribution >= 0.6 is 0 Å². The van der Waals surface area contributed by atoms with Gasteiger partial charge in [0.2, 0.25) is 0 Å². The summed E-state index contributed by atoms with van der Waals surface area (Å²) in [6.07, 6.45) is 0. The summed E-state index contributed by atoms with van der Waals surface area (Å²) in [5.41, 5.74) is -0.727. The normalized spacial score (nSPS) is 7.00. The van der Waals surface area contributed by atoms with Gasteiger partial charge in [0.05, 0.1) is 11.9 Å². The first-order valence-electron chi connectivity index (χ1n) is 3.14. The minimum absolute atomic E-state index is 0. The summed E-state index contributed by atoms with van der Waals surface area (Å²) in [4.78, 5) is 20.6. The zero-order chi connectivity index (χ0) is 9.14. The molecule has 0 saturated carbocycles. The fourth-order valence-electron chi connectivity index (χ4n) is 0.839. The Kier molecular flexibility index (Phi) is 21.7. The molecule has 0 amide bonds. The Morgan fingerprint density at radius 1 is 0.938 bits per heavy atom. The van der Waals surface area contributed by atoms with Crippen molar-refractivity contribution in [3.63, 3.8) is 0 Å². The first-order valence-corrected chi connectivity index (χ1v) is 3.14. The van der Waals surface area contributed by atoms with Crippen LogP contribution < -0.4 is 69.3 Å². The molecule has 16 heavy (non-hydrogen) atoms. The predicted octanol–water partition coefficient (Wildman–Crippen LogP) is -8.29. The summed E-state index contributed by atoms with van der Waals surface area (Å²) < 4.78 is 0. The smallest absolute Gasteiger partial charge is 0.870 e. The van der Waals surface area contributed by atoms with Crippen LogP contribution in [0, 0.1) is 0 Å². The van der Waals surface area contributed by atoms with Crippen molar-refractivity contribution < 1.29 is 85.8 Å². The Hall–Kier alpha value is 1.76. The van der Waals surface area contributed by atoms with Gasteiger partial charge in [0.25, 0.3) is 0 Å². The average Bonchev–Trinajstić information content (AvgIpc) is 2.04. The molecule has 0 atom stereocenters. The monoisotopic (exact) mass is 268 g/mol. The van der Waals surface area contributed by atoms with Gasteiger partial charge < -0.3 is 25.3 Å². The maximum absolute atomic E-state index is 10.3. The molecule has 0 fully saturated rings. The van der Waals surface area contributed by atoms with E-state index < -0.39 is 11.9 Å². The van der Waals surface area contributed by atoms with Gasteiger partial charge in [0, 0.05) is 11.1 Å². The number of benzene rings is 1. The van der Waals surface area contributed by atoms with Gasteiger partial charge in [-0.05, 0) is 0 Å². The number of aromatic carboxylic acids is 2. The molecule has 0 aromatic heterocycles. The Labute approximate surface area is 181 Å². The molecule has 0 spiro atoms. The van der Waals surface area contributed by atoms with Crippen molar-refractivity contribution in [1.29, 1.82) is 0 Å². The van der Waals surface area contributed by atoms with E-state index in [1.807, 2.05) is 0 Å². The molecule has 0 aliphatic carbocycles. The minimum Gasteiger partial charge on any atom is -0.870 e. The molecule has 1 aromatic carbocycles. The maximum atomic E-state index is 10.3. The Morgan fingerprint density at radius 2 is 1.19 bits per heavy atom. The fraction of sp³-hybridized carbons (Fsp3) is 0. The Bertz CT molecular complexity index is 317. The zero-order valence-electron chi connectivity index (χ0n) is 9.39. The Balaban J connectivity index is -0.0000000960. The van der Waals surface area contributed by atoms with Crippen molar-refractivity contribution in [1.82, 2.24) is 0 Å². The molecular formula is C8H7KNa2O5. The molecule has 0 heterocycles. The third-order valence-electron chi connectivity index (χ3n) is 1.37. The molecule has 5 nitrogen and oxygen atoms in total. The zero-order valence-corrected chi connectivity index (χ0v) is 12.4. The van der Waals surface area contributed by atoms with E-state index in [4.69, 9.17) is 0 Å². The van der Waals surface area contributed by atoms with Gasteiger partial charge in [-0.1, -0.05) is 24.3 Å². The van der Waals surface area contributed by atoms with Crippen LogP contribution in [0.4, 0.5) is 0 Å². The number of hydrogen-bond donors (Lipinski definition) is 0. The topological polar surface area (TPSA) is 110 Å². The quantitative estimate of drug-likeness (QED) is 0.495. The first kappa shape index (κ1) is 26.3. The molecule has 1 aromatic rings.